The van der Waals surface area contributed by atoms with E-state index in [1.807, 2.05) is 10.8 Å². The lowest BCUT2D eigenvalue weighted by Crippen LogP contribution is -2.27. The summed E-state index contributed by atoms with van der Waals surface area (Å²) < 4.78 is 7.69. The Balaban J connectivity index is 1.72. The van der Waals surface area contributed by atoms with Gasteiger partial charge in [0.15, 0.2) is 0 Å². The largest absolute Gasteiger partial charge is 0.455 e. The summed E-state index contributed by atoms with van der Waals surface area (Å²) >= 11 is 0. The second-order valence-electron chi connectivity index (χ2n) is 5.26. The number of imidazole rings is 1. The fourth-order valence-electron chi connectivity index (χ4n) is 2.32. The topological polar surface area (TPSA) is 79.9 Å². The van der Waals surface area contributed by atoms with E-state index in [2.05, 4.69) is 16.4 Å². The Bertz CT molecular complexity index is 898. The molecule has 0 fully saturated rings. The number of hydrogen-bond donors (Lipinski definition) is 1. The lowest BCUT2D eigenvalue weighted by atomic mass is 10.1. The molecule has 3 aromatic rings. The normalized spacial score (nSPS) is 10.0. The highest BCUT2D eigenvalue weighted by molar-refractivity contribution is 5.97. The Hall–Kier alpha value is -3.59. The minimum absolute atomic E-state index is 0.231. The fourth-order valence-corrected chi connectivity index (χ4v) is 2.32. The molecule has 1 amide bonds. The number of rotatable bonds is 6. The number of nitrogens with one attached hydrogen (secondary N) is 1. The molecule has 6 heteroatoms. The van der Waals surface area contributed by atoms with Crippen molar-refractivity contribution in [1.29, 1.82) is 5.26 Å². The van der Waals surface area contributed by atoms with Gasteiger partial charge in [-0.1, -0.05) is 24.3 Å². The molecular formula is C19H16N4O2. The number of carbonyl (C=O) groups is 1. The van der Waals surface area contributed by atoms with E-state index in [0.29, 0.717) is 35.7 Å². The predicted octanol–water partition coefficient (Wildman–Crippen LogP) is 2.98. The molecule has 1 aromatic heterocycles. The van der Waals surface area contributed by atoms with E-state index in [1.54, 1.807) is 61.1 Å². The highest BCUT2D eigenvalue weighted by atomic mass is 16.5. The van der Waals surface area contributed by atoms with Crippen molar-refractivity contribution in [1.82, 2.24) is 14.9 Å². The summed E-state index contributed by atoms with van der Waals surface area (Å²) in [6, 6.07) is 16.0. The van der Waals surface area contributed by atoms with Crippen molar-refractivity contribution in [2.24, 2.45) is 0 Å². The number of nitrogens with zero attached hydrogens (tertiary/aromatic N) is 3. The summed E-state index contributed by atoms with van der Waals surface area (Å²) in [6.45, 7) is 1.10. The van der Waals surface area contributed by atoms with Crippen LogP contribution in [0.4, 0.5) is 0 Å². The van der Waals surface area contributed by atoms with Crippen molar-refractivity contribution in [2.45, 2.75) is 6.54 Å². The molecule has 0 aliphatic rings. The summed E-state index contributed by atoms with van der Waals surface area (Å²) in [7, 11) is 0. The maximum absolute atomic E-state index is 12.5. The monoisotopic (exact) mass is 332 g/mol. The van der Waals surface area contributed by atoms with Crippen LogP contribution >= 0.6 is 0 Å². The fraction of sp³-hybridized carbons (Fsp3) is 0.105. The zero-order valence-corrected chi connectivity index (χ0v) is 13.4. The van der Waals surface area contributed by atoms with Gasteiger partial charge in [0.25, 0.3) is 5.91 Å². The van der Waals surface area contributed by atoms with Crippen LogP contribution in [0.3, 0.4) is 0 Å². The summed E-state index contributed by atoms with van der Waals surface area (Å²) in [4.78, 5) is 16.4. The molecule has 1 heterocycles. The first-order valence-electron chi connectivity index (χ1n) is 7.78. The van der Waals surface area contributed by atoms with Gasteiger partial charge >= 0.3 is 0 Å². The van der Waals surface area contributed by atoms with Gasteiger partial charge in [-0.05, 0) is 24.3 Å². The molecule has 0 saturated heterocycles. The molecule has 0 aliphatic heterocycles. The van der Waals surface area contributed by atoms with Crippen molar-refractivity contribution >= 4 is 5.91 Å². The molecule has 0 spiro atoms. The number of amides is 1. The molecule has 0 saturated carbocycles. The summed E-state index contributed by atoms with van der Waals surface area (Å²) in [5.74, 6) is 0.596. The van der Waals surface area contributed by atoms with Crippen LogP contribution in [0.5, 0.6) is 11.5 Å². The zero-order chi connectivity index (χ0) is 17.5. The van der Waals surface area contributed by atoms with Crippen molar-refractivity contribution in [3.8, 4) is 17.6 Å². The molecule has 0 bridgehead atoms. The highest BCUT2D eigenvalue weighted by Gasteiger charge is 2.13. The maximum Gasteiger partial charge on any atom is 0.255 e. The third-order valence-electron chi connectivity index (χ3n) is 3.57. The molecule has 0 unspecified atom stereocenters. The average Bonchev–Trinajstić information content (AvgIpc) is 3.16. The molecule has 1 N–H and O–H groups in total. The van der Waals surface area contributed by atoms with E-state index < -0.39 is 0 Å². The molecule has 3 rings (SSSR count). The second kappa shape index (κ2) is 7.79. The van der Waals surface area contributed by atoms with Crippen LogP contribution in [-0.2, 0) is 6.54 Å². The lowest BCUT2D eigenvalue weighted by Gasteiger charge is -2.12. The lowest BCUT2D eigenvalue weighted by molar-refractivity contribution is 0.0950. The Labute approximate surface area is 145 Å². The van der Waals surface area contributed by atoms with Gasteiger partial charge in [-0.15, -0.1) is 0 Å². The van der Waals surface area contributed by atoms with Gasteiger partial charge in [0, 0.05) is 25.5 Å². The Morgan fingerprint density at radius 1 is 1.16 bits per heavy atom. The zero-order valence-electron chi connectivity index (χ0n) is 13.4. The minimum Gasteiger partial charge on any atom is -0.455 e. The number of nitriles is 1. The second-order valence-corrected chi connectivity index (χ2v) is 5.26. The molecule has 25 heavy (non-hydrogen) atoms. The van der Waals surface area contributed by atoms with E-state index in [-0.39, 0.29) is 5.91 Å². The number of hydrogen-bond acceptors (Lipinski definition) is 4. The summed E-state index contributed by atoms with van der Waals surface area (Å²) in [5, 5.41) is 12.0. The molecule has 0 aliphatic carbocycles. The minimum atomic E-state index is -0.231. The van der Waals surface area contributed by atoms with Crippen LogP contribution in [-0.4, -0.2) is 22.0 Å². The van der Waals surface area contributed by atoms with E-state index in [0.717, 1.165) is 0 Å². The molecule has 6 nitrogen and oxygen atoms in total. The smallest absolute Gasteiger partial charge is 0.255 e. The number of aromatic nitrogens is 2. The van der Waals surface area contributed by atoms with Crippen molar-refractivity contribution < 1.29 is 9.53 Å². The first-order valence-corrected chi connectivity index (χ1v) is 7.78. The van der Waals surface area contributed by atoms with Crippen LogP contribution in [0.15, 0.2) is 67.3 Å². The summed E-state index contributed by atoms with van der Waals surface area (Å²) in [5.41, 5.74) is 0.832. The number of benzene rings is 2. The molecule has 0 atom stereocenters. The van der Waals surface area contributed by atoms with Gasteiger partial charge < -0.3 is 14.6 Å². The van der Waals surface area contributed by atoms with Crippen LogP contribution in [0.1, 0.15) is 15.9 Å². The van der Waals surface area contributed by atoms with Gasteiger partial charge in [-0.3, -0.25) is 4.79 Å². The quantitative estimate of drug-likeness (QED) is 0.752. The molecule has 124 valence electrons. The van der Waals surface area contributed by atoms with E-state index in [9.17, 15) is 4.79 Å². The average molecular weight is 332 g/mol. The number of carbonyl (C=O) groups excluding carboxylic acids is 1. The number of para-hydroxylation sites is 2. The van der Waals surface area contributed by atoms with E-state index in [4.69, 9.17) is 10.00 Å². The van der Waals surface area contributed by atoms with Gasteiger partial charge in [0.2, 0.25) is 0 Å². The van der Waals surface area contributed by atoms with Crippen LogP contribution < -0.4 is 10.1 Å². The highest BCUT2D eigenvalue weighted by Crippen LogP contribution is 2.27. The molecule has 0 radical (unpaired) electrons. The predicted molar refractivity (Wildman–Crippen MR) is 92.2 cm³/mol. The first kappa shape index (κ1) is 16.3. The Kier molecular flexibility index (Phi) is 5.07. The Morgan fingerprint density at radius 2 is 1.92 bits per heavy atom. The third-order valence-corrected chi connectivity index (χ3v) is 3.57. The van der Waals surface area contributed by atoms with Crippen LogP contribution in [0, 0.1) is 11.3 Å². The van der Waals surface area contributed by atoms with E-state index >= 15 is 0 Å². The van der Waals surface area contributed by atoms with Gasteiger partial charge in [-0.2, -0.15) is 5.26 Å². The molecular weight excluding hydrogens is 316 g/mol. The van der Waals surface area contributed by atoms with Crippen molar-refractivity contribution in [2.75, 3.05) is 6.54 Å². The van der Waals surface area contributed by atoms with Gasteiger partial charge in [0.05, 0.1) is 17.5 Å². The standard InChI is InChI=1S/C19H16N4O2/c20-13-15-5-1-3-7-17(15)25-18-8-4-2-6-16(18)19(24)22-10-12-23-11-9-21-14-23/h1-9,11,14H,10,12H2,(H,22,24). The first-order chi connectivity index (χ1) is 12.3. The van der Waals surface area contributed by atoms with Crippen LogP contribution in [0.2, 0.25) is 0 Å². The van der Waals surface area contributed by atoms with Gasteiger partial charge in [0.1, 0.15) is 17.6 Å². The van der Waals surface area contributed by atoms with Gasteiger partial charge in [-0.25, -0.2) is 4.98 Å². The maximum atomic E-state index is 12.5. The third kappa shape index (κ3) is 4.03. The van der Waals surface area contributed by atoms with Crippen LogP contribution in [0.25, 0.3) is 0 Å². The SMILES string of the molecule is N#Cc1ccccc1Oc1ccccc1C(=O)NCCn1ccnc1. The molecule has 2 aromatic carbocycles. The summed E-state index contributed by atoms with van der Waals surface area (Å²) in [6.07, 6.45) is 5.22. The number of ether oxygens (including phenoxy) is 1. The van der Waals surface area contributed by atoms with Crippen molar-refractivity contribution in [3.05, 3.63) is 78.4 Å². The Morgan fingerprint density at radius 3 is 2.68 bits per heavy atom. The van der Waals surface area contributed by atoms with Crippen molar-refractivity contribution in [3.63, 3.8) is 0 Å². The van der Waals surface area contributed by atoms with E-state index in [1.165, 1.54) is 0 Å².